The van der Waals surface area contributed by atoms with Crippen LogP contribution in [0.3, 0.4) is 0 Å². The number of morpholine rings is 1. The molecule has 33 heavy (non-hydrogen) atoms. The van der Waals surface area contributed by atoms with Gasteiger partial charge in [0.05, 0.1) is 23.5 Å². The first-order valence-corrected chi connectivity index (χ1v) is 10.7. The third-order valence-electron chi connectivity index (χ3n) is 5.95. The number of amides is 3. The molecular formula is C22H23F3N4O4. The third-order valence-corrected chi connectivity index (χ3v) is 5.95. The Bertz CT molecular complexity index is 1020. The van der Waals surface area contributed by atoms with Crippen molar-refractivity contribution in [2.24, 2.45) is 0 Å². The van der Waals surface area contributed by atoms with Crippen molar-refractivity contribution < 1.29 is 32.3 Å². The minimum atomic E-state index is -4.42. The van der Waals surface area contributed by atoms with E-state index in [4.69, 9.17) is 4.74 Å². The van der Waals surface area contributed by atoms with Crippen molar-refractivity contribution in [3.8, 4) is 11.1 Å². The standard InChI is InChI=1S/C22H23F3N4O4/c23-22(24,25)15-6-4-14(5-7-15)16-11-26-27-21(16)17-3-1-2-9-28(17)18(30)8-10-29-19(31)12-33-13-20(29)32/h4-7,11,17H,1-3,8-10,12-13H2,(H,26,27)/t17-/m0/s1. The number of likely N-dealkylation sites (tertiary alicyclic amines) is 1. The molecule has 176 valence electrons. The van der Waals surface area contributed by atoms with Crippen molar-refractivity contribution in [1.29, 1.82) is 0 Å². The van der Waals surface area contributed by atoms with Gasteiger partial charge in [-0.15, -0.1) is 0 Å². The molecule has 0 saturated carbocycles. The molecule has 2 fully saturated rings. The van der Waals surface area contributed by atoms with E-state index in [2.05, 4.69) is 10.2 Å². The molecule has 2 aliphatic heterocycles. The Morgan fingerprint density at radius 1 is 1.12 bits per heavy atom. The number of benzene rings is 1. The Hall–Kier alpha value is -3.21. The number of carbonyl (C=O) groups is 3. The molecule has 8 nitrogen and oxygen atoms in total. The van der Waals surface area contributed by atoms with E-state index in [0.29, 0.717) is 29.8 Å². The molecule has 0 aliphatic carbocycles. The Kier molecular flexibility index (Phi) is 6.50. The van der Waals surface area contributed by atoms with Crippen molar-refractivity contribution in [3.05, 3.63) is 41.7 Å². The SMILES string of the molecule is O=C1COCC(=O)N1CCC(=O)N1CCCC[C@H]1c1[nH]ncc1-c1ccc(C(F)(F)F)cc1. The van der Waals surface area contributed by atoms with Gasteiger partial charge in [-0.05, 0) is 37.0 Å². The van der Waals surface area contributed by atoms with E-state index in [-0.39, 0.29) is 38.1 Å². The number of rotatable bonds is 5. The maximum Gasteiger partial charge on any atom is 0.416 e. The number of hydrogen-bond acceptors (Lipinski definition) is 5. The van der Waals surface area contributed by atoms with Crippen LogP contribution < -0.4 is 0 Å². The van der Waals surface area contributed by atoms with Crippen molar-refractivity contribution in [3.63, 3.8) is 0 Å². The molecule has 0 spiro atoms. The summed E-state index contributed by atoms with van der Waals surface area (Å²) in [6.45, 7) is 0.117. The van der Waals surface area contributed by atoms with E-state index in [1.54, 1.807) is 11.1 Å². The lowest BCUT2D eigenvalue weighted by molar-refractivity contribution is -0.158. The van der Waals surface area contributed by atoms with Gasteiger partial charge in [-0.25, -0.2) is 0 Å². The number of nitrogens with one attached hydrogen (secondary N) is 1. The van der Waals surface area contributed by atoms with Crippen LogP contribution in [0.25, 0.3) is 11.1 Å². The van der Waals surface area contributed by atoms with E-state index in [0.717, 1.165) is 29.9 Å². The molecule has 0 bridgehead atoms. The lowest BCUT2D eigenvalue weighted by Crippen LogP contribution is -2.48. The number of H-pyrrole nitrogens is 1. The summed E-state index contributed by atoms with van der Waals surface area (Å²) in [7, 11) is 0. The van der Waals surface area contributed by atoms with Gasteiger partial charge < -0.3 is 9.64 Å². The Balaban J connectivity index is 1.51. The predicted octanol–water partition coefficient (Wildman–Crippen LogP) is 2.92. The topological polar surface area (TPSA) is 95.6 Å². The molecule has 3 amide bonds. The van der Waals surface area contributed by atoms with Gasteiger partial charge in [0.2, 0.25) is 5.91 Å². The molecule has 2 aromatic rings. The van der Waals surface area contributed by atoms with Gasteiger partial charge in [-0.1, -0.05) is 12.1 Å². The summed E-state index contributed by atoms with van der Waals surface area (Å²) < 4.78 is 43.6. The zero-order valence-corrected chi connectivity index (χ0v) is 17.7. The highest BCUT2D eigenvalue weighted by Gasteiger charge is 2.33. The lowest BCUT2D eigenvalue weighted by atomic mass is 9.94. The number of imide groups is 1. The summed E-state index contributed by atoms with van der Waals surface area (Å²) in [5.74, 6) is -1.14. The van der Waals surface area contributed by atoms with Crippen LogP contribution in [-0.2, 0) is 25.3 Å². The molecule has 1 aromatic heterocycles. The van der Waals surface area contributed by atoms with E-state index in [1.165, 1.54) is 12.1 Å². The molecule has 1 N–H and O–H groups in total. The highest BCUT2D eigenvalue weighted by atomic mass is 19.4. The van der Waals surface area contributed by atoms with E-state index >= 15 is 0 Å². The van der Waals surface area contributed by atoms with E-state index < -0.39 is 23.6 Å². The van der Waals surface area contributed by atoms with Gasteiger partial charge in [-0.3, -0.25) is 24.4 Å². The van der Waals surface area contributed by atoms with Crippen LogP contribution >= 0.6 is 0 Å². The molecule has 1 aromatic carbocycles. The average molecular weight is 464 g/mol. The summed E-state index contributed by atoms with van der Waals surface area (Å²) in [4.78, 5) is 39.6. The fraction of sp³-hybridized carbons (Fsp3) is 0.455. The third kappa shape index (κ3) is 4.92. The number of aromatic amines is 1. The number of halogens is 3. The number of nitrogens with zero attached hydrogens (tertiary/aromatic N) is 3. The van der Waals surface area contributed by atoms with Crippen LogP contribution in [0, 0.1) is 0 Å². The Morgan fingerprint density at radius 3 is 2.48 bits per heavy atom. The molecule has 1 atom stereocenters. The van der Waals surface area contributed by atoms with Gasteiger partial charge in [0.1, 0.15) is 13.2 Å². The minimum Gasteiger partial charge on any atom is -0.362 e. The van der Waals surface area contributed by atoms with E-state index in [1.807, 2.05) is 0 Å². The van der Waals surface area contributed by atoms with Gasteiger partial charge in [-0.2, -0.15) is 18.3 Å². The van der Waals surface area contributed by atoms with Crippen molar-refractivity contribution >= 4 is 17.7 Å². The number of piperidine rings is 1. The zero-order valence-electron chi connectivity index (χ0n) is 17.7. The van der Waals surface area contributed by atoms with Crippen molar-refractivity contribution in [2.45, 2.75) is 37.9 Å². The maximum atomic E-state index is 13.0. The number of alkyl halides is 3. The highest BCUT2D eigenvalue weighted by molar-refractivity contribution is 5.98. The number of ether oxygens (including phenoxy) is 1. The summed E-state index contributed by atoms with van der Waals surface area (Å²) in [6.07, 6.45) is -0.551. The predicted molar refractivity (Wildman–Crippen MR) is 109 cm³/mol. The molecule has 11 heteroatoms. The highest BCUT2D eigenvalue weighted by Crippen LogP contribution is 2.37. The van der Waals surface area contributed by atoms with Crippen molar-refractivity contribution in [2.75, 3.05) is 26.3 Å². The monoisotopic (exact) mass is 464 g/mol. The zero-order chi connectivity index (χ0) is 23.6. The second-order valence-electron chi connectivity index (χ2n) is 8.05. The van der Waals surface area contributed by atoms with Crippen LogP contribution in [0.4, 0.5) is 13.2 Å². The minimum absolute atomic E-state index is 0.0161. The Labute approximate surface area is 187 Å². The molecule has 0 radical (unpaired) electrons. The second kappa shape index (κ2) is 9.34. The number of aromatic nitrogens is 2. The van der Waals surface area contributed by atoms with Gasteiger partial charge in [0.25, 0.3) is 11.8 Å². The molecule has 3 heterocycles. The first kappa shape index (κ1) is 23.0. The average Bonchev–Trinajstić information content (AvgIpc) is 3.28. The first-order valence-electron chi connectivity index (χ1n) is 10.7. The number of hydrogen-bond donors (Lipinski definition) is 1. The summed E-state index contributed by atoms with van der Waals surface area (Å²) in [5, 5.41) is 7.00. The van der Waals surface area contributed by atoms with Crippen LogP contribution in [0.1, 0.15) is 43.0 Å². The maximum absolute atomic E-state index is 13.0. The van der Waals surface area contributed by atoms with Crippen LogP contribution in [0.2, 0.25) is 0 Å². The summed E-state index contributed by atoms with van der Waals surface area (Å²) in [5.41, 5.74) is 1.11. The molecule has 0 unspecified atom stereocenters. The fourth-order valence-corrected chi connectivity index (χ4v) is 4.27. The first-order chi connectivity index (χ1) is 15.8. The summed E-state index contributed by atoms with van der Waals surface area (Å²) >= 11 is 0. The molecule has 2 saturated heterocycles. The number of carbonyl (C=O) groups excluding carboxylic acids is 3. The lowest BCUT2D eigenvalue weighted by Gasteiger charge is -2.36. The van der Waals surface area contributed by atoms with Gasteiger partial charge in [0.15, 0.2) is 0 Å². The molecule has 2 aliphatic rings. The largest absolute Gasteiger partial charge is 0.416 e. The summed E-state index contributed by atoms with van der Waals surface area (Å²) in [6, 6.07) is 4.49. The normalized spacial score (nSPS) is 19.8. The van der Waals surface area contributed by atoms with Gasteiger partial charge in [0, 0.05) is 25.1 Å². The van der Waals surface area contributed by atoms with Crippen LogP contribution in [0.15, 0.2) is 30.5 Å². The quantitative estimate of drug-likeness (QED) is 0.687. The van der Waals surface area contributed by atoms with Gasteiger partial charge >= 0.3 is 6.18 Å². The fourth-order valence-electron chi connectivity index (χ4n) is 4.27. The second-order valence-corrected chi connectivity index (χ2v) is 8.05. The molecular weight excluding hydrogens is 441 g/mol. The smallest absolute Gasteiger partial charge is 0.362 e. The van der Waals surface area contributed by atoms with Crippen molar-refractivity contribution in [1.82, 2.24) is 20.0 Å². The molecule has 4 rings (SSSR count). The Morgan fingerprint density at radius 2 is 1.82 bits per heavy atom. The van der Waals surface area contributed by atoms with Crippen LogP contribution in [-0.4, -0.2) is 64.0 Å². The van der Waals surface area contributed by atoms with Crippen LogP contribution in [0.5, 0.6) is 0 Å². The van der Waals surface area contributed by atoms with E-state index in [9.17, 15) is 27.6 Å².